The molecule has 3 heterocycles. The van der Waals surface area contributed by atoms with Crippen molar-refractivity contribution in [1.29, 1.82) is 0 Å². The van der Waals surface area contributed by atoms with Crippen LogP contribution >= 0.6 is 11.6 Å². The highest BCUT2D eigenvalue weighted by molar-refractivity contribution is 6.33. The van der Waals surface area contributed by atoms with Crippen LogP contribution in [0.15, 0.2) is 72.8 Å². The fraction of sp³-hybridized carbons (Fsp3) is 0.0800. The largest absolute Gasteiger partial charge is 0.380 e. The minimum Gasteiger partial charge on any atom is -0.380 e. The third-order valence-electron chi connectivity index (χ3n) is 5.40. The maximum atomic E-state index is 10.8. The highest BCUT2D eigenvalue weighted by atomic mass is 35.5. The molecule has 0 fully saturated rings. The quantitative estimate of drug-likeness (QED) is 0.360. The molecule has 0 saturated carbocycles. The molecule has 3 aromatic carbocycles. The van der Waals surface area contributed by atoms with Gasteiger partial charge in [-0.3, -0.25) is 4.79 Å². The summed E-state index contributed by atoms with van der Waals surface area (Å²) in [6.45, 7) is 0.842. The Labute approximate surface area is 179 Å². The van der Waals surface area contributed by atoms with Crippen molar-refractivity contribution >= 4 is 51.4 Å². The van der Waals surface area contributed by atoms with Gasteiger partial charge in [0.15, 0.2) is 0 Å². The molecule has 5 heteroatoms. The maximum absolute atomic E-state index is 10.8. The Morgan fingerprint density at radius 2 is 1.60 bits per heavy atom. The Kier molecular flexibility index (Phi) is 4.77. The Morgan fingerprint density at radius 3 is 2.47 bits per heavy atom. The van der Waals surface area contributed by atoms with Gasteiger partial charge >= 0.3 is 0 Å². The molecule has 1 aromatic heterocycles. The molecule has 0 radical (unpaired) electrons. The van der Waals surface area contributed by atoms with Gasteiger partial charge < -0.3 is 15.6 Å². The molecule has 4 aromatic rings. The molecule has 1 amide bonds. The number of anilines is 2. The summed E-state index contributed by atoms with van der Waals surface area (Å²) in [5, 5.41) is 8.03. The number of H-pyrrole nitrogens is 1. The molecule has 0 bridgehead atoms. The van der Waals surface area contributed by atoms with E-state index in [1.54, 1.807) is 0 Å². The number of amides is 1. The van der Waals surface area contributed by atoms with Crippen molar-refractivity contribution in [3.05, 3.63) is 94.6 Å². The van der Waals surface area contributed by atoms with E-state index in [0.717, 1.165) is 34.3 Å². The van der Waals surface area contributed by atoms with Crippen LogP contribution in [0.4, 0.5) is 11.4 Å². The summed E-state index contributed by atoms with van der Waals surface area (Å²) in [4.78, 5) is 14.0. The Bertz CT molecular complexity index is 1260. The summed E-state index contributed by atoms with van der Waals surface area (Å²) in [7, 11) is 0. The van der Waals surface area contributed by atoms with Crippen LogP contribution < -0.4 is 10.6 Å². The first kappa shape index (κ1) is 18.5. The molecule has 6 rings (SSSR count). The van der Waals surface area contributed by atoms with E-state index in [2.05, 4.69) is 46.0 Å². The van der Waals surface area contributed by atoms with Crippen molar-refractivity contribution < 1.29 is 4.79 Å². The van der Waals surface area contributed by atoms with E-state index >= 15 is 0 Å². The first-order valence-electron chi connectivity index (χ1n) is 9.87. The first-order chi connectivity index (χ1) is 14.7. The van der Waals surface area contributed by atoms with Crippen molar-refractivity contribution in [2.24, 2.45) is 0 Å². The number of hydrogen-bond acceptors (Lipinski definition) is 2. The van der Waals surface area contributed by atoms with Gasteiger partial charge in [-0.25, -0.2) is 0 Å². The van der Waals surface area contributed by atoms with E-state index in [9.17, 15) is 4.79 Å². The Balaban J connectivity index is 0.000000161. The zero-order valence-corrected chi connectivity index (χ0v) is 17.0. The molecule has 30 heavy (non-hydrogen) atoms. The number of carbonyl (C=O) groups is 1. The second-order valence-electron chi connectivity index (χ2n) is 7.35. The molecule has 0 saturated heterocycles. The molecule has 148 valence electrons. The third kappa shape index (κ3) is 3.46. The minimum atomic E-state index is 0.0983. The van der Waals surface area contributed by atoms with Gasteiger partial charge in [-0.15, -0.1) is 0 Å². The van der Waals surface area contributed by atoms with Crippen molar-refractivity contribution in [2.75, 3.05) is 17.2 Å². The second kappa shape index (κ2) is 7.73. The third-order valence-corrected chi connectivity index (χ3v) is 5.70. The van der Waals surface area contributed by atoms with Crippen LogP contribution in [0.25, 0.3) is 22.6 Å². The van der Waals surface area contributed by atoms with Crippen LogP contribution in [-0.4, -0.2) is 17.4 Å². The van der Waals surface area contributed by atoms with E-state index < -0.39 is 0 Å². The van der Waals surface area contributed by atoms with Gasteiger partial charge in [0.25, 0.3) is 0 Å². The summed E-state index contributed by atoms with van der Waals surface area (Å²) in [6.07, 6.45) is 2.72. The monoisotopic (exact) mass is 413 g/mol. The van der Waals surface area contributed by atoms with Gasteiger partial charge in [-0.05, 0) is 35.4 Å². The van der Waals surface area contributed by atoms with E-state index in [-0.39, 0.29) is 5.91 Å². The number of rotatable bonds is 1. The summed E-state index contributed by atoms with van der Waals surface area (Å²) < 4.78 is 0. The molecule has 2 aliphatic rings. The number of aromatic nitrogens is 1. The van der Waals surface area contributed by atoms with Crippen molar-refractivity contribution in [3.8, 4) is 0 Å². The van der Waals surface area contributed by atoms with Crippen LogP contribution in [0.2, 0.25) is 5.15 Å². The normalized spacial score (nSPS) is 15.2. The Hall–Kier alpha value is -3.50. The van der Waals surface area contributed by atoms with Gasteiger partial charge in [0.2, 0.25) is 5.91 Å². The maximum Gasteiger partial charge on any atom is 0.228 e. The number of benzene rings is 3. The molecular formula is C25H20ClN3O. The lowest BCUT2D eigenvalue weighted by molar-refractivity contribution is -0.115. The molecule has 0 atom stereocenters. The average Bonchev–Trinajstić information content (AvgIpc) is 3.43. The predicted octanol–water partition coefficient (Wildman–Crippen LogP) is 5.97. The summed E-state index contributed by atoms with van der Waals surface area (Å²) in [5.41, 5.74) is 7.93. The lowest BCUT2D eigenvalue weighted by Gasteiger charge is -1.99. The number of nitrogens with one attached hydrogen (secondary N) is 3. The van der Waals surface area contributed by atoms with Crippen molar-refractivity contribution in [3.63, 3.8) is 0 Å². The number of halogens is 1. The summed E-state index contributed by atoms with van der Waals surface area (Å²) >= 11 is 6.35. The molecule has 4 nitrogen and oxygen atoms in total. The molecule has 0 spiro atoms. The number of carbonyl (C=O) groups excluding carboxylic acids is 1. The molecule has 0 aliphatic carbocycles. The zero-order valence-electron chi connectivity index (χ0n) is 16.2. The van der Waals surface area contributed by atoms with Gasteiger partial charge in [-0.1, -0.05) is 66.2 Å². The SMILES string of the molecule is Clc1[nH]c2ccccc2c1/C=C1/CNc2ccccc21.O=C1Cc2ccccc2N1. The molecule has 2 aliphatic heterocycles. The lowest BCUT2D eigenvalue weighted by atomic mass is 10.0. The van der Waals surface area contributed by atoms with Crippen LogP contribution in [-0.2, 0) is 11.2 Å². The summed E-state index contributed by atoms with van der Waals surface area (Å²) in [6, 6.07) is 24.3. The first-order valence-corrected chi connectivity index (χ1v) is 10.2. The van der Waals surface area contributed by atoms with E-state index in [1.807, 2.05) is 48.5 Å². The van der Waals surface area contributed by atoms with Gasteiger partial charge in [-0.2, -0.15) is 0 Å². The highest BCUT2D eigenvalue weighted by Gasteiger charge is 2.17. The van der Waals surface area contributed by atoms with Gasteiger partial charge in [0.1, 0.15) is 5.15 Å². The van der Waals surface area contributed by atoms with Crippen molar-refractivity contribution in [1.82, 2.24) is 4.98 Å². The van der Waals surface area contributed by atoms with E-state index in [0.29, 0.717) is 11.6 Å². The topological polar surface area (TPSA) is 56.9 Å². The number of hydrogen-bond donors (Lipinski definition) is 3. The Morgan fingerprint density at radius 1 is 0.867 bits per heavy atom. The van der Waals surface area contributed by atoms with Gasteiger partial charge in [0, 0.05) is 39.9 Å². The zero-order chi connectivity index (χ0) is 20.5. The number of fused-ring (bicyclic) bond motifs is 3. The van der Waals surface area contributed by atoms with E-state index in [4.69, 9.17) is 11.6 Å². The van der Waals surface area contributed by atoms with E-state index in [1.165, 1.54) is 16.8 Å². The molecule has 3 N–H and O–H groups in total. The van der Waals surface area contributed by atoms with Crippen LogP contribution in [0.5, 0.6) is 0 Å². The fourth-order valence-corrected chi connectivity index (χ4v) is 4.20. The number of aromatic amines is 1. The standard InChI is InChI=1S/C17H13ClN2.C8H7NO/c18-17-14(13-6-2-4-8-16(13)20-17)9-11-10-19-15-7-3-1-5-12(11)15;10-8-5-6-3-1-2-4-7(6)9-8/h1-9,19-20H,10H2;1-4H,5H2,(H,9,10)/b11-9-;. The lowest BCUT2D eigenvalue weighted by Crippen LogP contribution is -2.03. The smallest absolute Gasteiger partial charge is 0.228 e. The highest BCUT2D eigenvalue weighted by Crippen LogP contribution is 2.35. The summed E-state index contributed by atoms with van der Waals surface area (Å²) in [5.74, 6) is 0.0983. The number of para-hydroxylation sites is 3. The second-order valence-corrected chi connectivity index (χ2v) is 7.73. The van der Waals surface area contributed by atoms with Gasteiger partial charge in [0.05, 0.1) is 6.42 Å². The van der Waals surface area contributed by atoms with Crippen LogP contribution in [0, 0.1) is 0 Å². The molecular weight excluding hydrogens is 394 g/mol. The fourth-order valence-electron chi connectivity index (χ4n) is 3.94. The van der Waals surface area contributed by atoms with Crippen molar-refractivity contribution in [2.45, 2.75) is 6.42 Å². The minimum absolute atomic E-state index is 0.0983. The van der Waals surface area contributed by atoms with Crippen LogP contribution in [0.1, 0.15) is 16.7 Å². The average molecular weight is 414 g/mol. The predicted molar refractivity (Wildman–Crippen MR) is 125 cm³/mol. The molecule has 0 unspecified atom stereocenters. The van der Waals surface area contributed by atoms with Crippen LogP contribution in [0.3, 0.4) is 0 Å².